The van der Waals surface area contributed by atoms with Crippen LogP contribution in [-0.2, 0) is 6.54 Å². The van der Waals surface area contributed by atoms with Crippen LogP contribution < -0.4 is 5.32 Å². The molecule has 3 rings (SSSR count). The van der Waals surface area contributed by atoms with Crippen LogP contribution in [0.2, 0.25) is 0 Å². The number of amides is 2. The highest BCUT2D eigenvalue weighted by molar-refractivity contribution is 5.74. The molecule has 2 atom stereocenters. The molecule has 2 heterocycles. The minimum absolute atomic E-state index is 0.148. The second-order valence-electron chi connectivity index (χ2n) is 7.84. The zero-order chi connectivity index (χ0) is 16.9. The first-order valence-electron chi connectivity index (χ1n) is 9.42. The Kier molecular flexibility index (Phi) is 5.77. The zero-order valence-corrected chi connectivity index (χ0v) is 15.1. The van der Waals surface area contributed by atoms with Crippen molar-refractivity contribution in [2.24, 2.45) is 11.8 Å². The molecular formula is C20H31N3O. The van der Waals surface area contributed by atoms with Crippen molar-refractivity contribution in [3.05, 3.63) is 35.9 Å². The van der Waals surface area contributed by atoms with Gasteiger partial charge >= 0.3 is 6.03 Å². The summed E-state index contributed by atoms with van der Waals surface area (Å²) in [5, 5.41) is 3.27. The Bertz CT molecular complexity index is 515. The van der Waals surface area contributed by atoms with Crippen molar-refractivity contribution in [2.75, 3.05) is 26.2 Å². The molecule has 1 N–H and O–H groups in total. The molecule has 2 aliphatic rings. The summed E-state index contributed by atoms with van der Waals surface area (Å²) in [6.45, 7) is 9.45. The van der Waals surface area contributed by atoms with Crippen molar-refractivity contribution < 1.29 is 4.79 Å². The first-order valence-corrected chi connectivity index (χ1v) is 9.42. The molecule has 4 heteroatoms. The Hall–Kier alpha value is -1.55. The summed E-state index contributed by atoms with van der Waals surface area (Å²) in [5.41, 5.74) is 1.37. The molecule has 0 aromatic heterocycles. The van der Waals surface area contributed by atoms with Gasteiger partial charge in [0.05, 0.1) is 0 Å². The molecule has 0 radical (unpaired) electrons. The summed E-state index contributed by atoms with van der Waals surface area (Å²) in [6, 6.07) is 11.1. The van der Waals surface area contributed by atoms with Crippen LogP contribution >= 0.6 is 0 Å². The number of hydrogen-bond donors (Lipinski definition) is 1. The molecule has 24 heavy (non-hydrogen) atoms. The predicted octanol–water partition coefficient (Wildman–Crippen LogP) is 3.34. The molecule has 2 unspecified atom stereocenters. The topological polar surface area (TPSA) is 35.6 Å². The van der Waals surface area contributed by atoms with E-state index >= 15 is 0 Å². The van der Waals surface area contributed by atoms with Crippen molar-refractivity contribution in [3.63, 3.8) is 0 Å². The summed E-state index contributed by atoms with van der Waals surface area (Å²) in [6.07, 6.45) is 3.34. The van der Waals surface area contributed by atoms with Gasteiger partial charge in [-0.05, 0) is 36.7 Å². The second-order valence-corrected chi connectivity index (χ2v) is 7.84. The average Bonchev–Trinajstić information content (AvgIpc) is 2.57. The van der Waals surface area contributed by atoms with Crippen LogP contribution in [0.3, 0.4) is 0 Å². The molecule has 2 amide bonds. The number of likely N-dealkylation sites (tertiary alicyclic amines) is 2. The lowest BCUT2D eigenvalue weighted by Gasteiger charge is -2.37. The maximum Gasteiger partial charge on any atom is 0.317 e. The van der Waals surface area contributed by atoms with Crippen LogP contribution in [0.1, 0.15) is 38.7 Å². The average molecular weight is 329 g/mol. The van der Waals surface area contributed by atoms with Gasteiger partial charge in [0.1, 0.15) is 0 Å². The van der Waals surface area contributed by atoms with E-state index in [0.717, 1.165) is 45.6 Å². The molecule has 0 spiro atoms. The van der Waals surface area contributed by atoms with E-state index < -0.39 is 0 Å². The van der Waals surface area contributed by atoms with Gasteiger partial charge in [0.25, 0.3) is 0 Å². The molecule has 2 saturated heterocycles. The Labute approximate surface area is 146 Å². The molecule has 0 bridgehead atoms. The highest BCUT2D eigenvalue weighted by atomic mass is 16.2. The minimum atomic E-state index is 0.148. The SMILES string of the molecule is CC1CC(C)CN(C(=O)NC2CCN(Cc3ccccc3)CC2)C1. The smallest absolute Gasteiger partial charge is 0.317 e. The van der Waals surface area contributed by atoms with Crippen LogP contribution in [0.4, 0.5) is 4.79 Å². The van der Waals surface area contributed by atoms with Crippen molar-refractivity contribution in [3.8, 4) is 0 Å². The molecule has 0 saturated carbocycles. The fourth-order valence-corrected chi connectivity index (χ4v) is 4.17. The van der Waals surface area contributed by atoms with Crippen molar-refractivity contribution in [1.82, 2.24) is 15.1 Å². The normalized spacial score (nSPS) is 26.3. The number of urea groups is 1. The molecule has 2 fully saturated rings. The second kappa shape index (κ2) is 8.02. The summed E-state index contributed by atoms with van der Waals surface area (Å²) >= 11 is 0. The number of benzene rings is 1. The van der Waals surface area contributed by atoms with Gasteiger partial charge in [0, 0.05) is 38.8 Å². The van der Waals surface area contributed by atoms with Crippen LogP contribution in [0.25, 0.3) is 0 Å². The number of carbonyl (C=O) groups excluding carboxylic acids is 1. The molecule has 4 nitrogen and oxygen atoms in total. The summed E-state index contributed by atoms with van der Waals surface area (Å²) in [4.78, 5) is 17.0. The van der Waals surface area contributed by atoms with E-state index in [2.05, 4.69) is 54.4 Å². The Morgan fingerprint density at radius 3 is 2.33 bits per heavy atom. The summed E-state index contributed by atoms with van der Waals surface area (Å²) < 4.78 is 0. The number of nitrogens with one attached hydrogen (secondary N) is 1. The van der Waals surface area contributed by atoms with E-state index in [1.54, 1.807) is 0 Å². The highest BCUT2D eigenvalue weighted by Gasteiger charge is 2.27. The lowest BCUT2D eigenvalue weighted by atomic mass is 9.92. The maximum atomic E-state index is 12.5. The van der Waals surface area contributed by atoms with Gasteiger partial charge < -0.3 is 10.2 Å². The van der Waals surface area contributed by atoms with Crippen LogP contribution in [0, 0.1) is 11.8 Å². The van der Waals surface area contributed by atoms with Gasteiger partial charge in [-0.25, -0.2) is 4.79 Å². The minimum Gasteiger partial charge on any atom is -0.335 e. The highest BCUT2D eigenvalue weighted by Crippen LogP contribution is 2.21. The Morgan fingerprint density at radius 2 is 1.71 bits per heavy atom. The zero-order valence-electron chi connectivity index (χ0n) is 15.1. The van der Waals surface area contributed by atoms with Crippen LogP contribution in [-0.4, -0.2) is 48.1 Å². The van der Waals surface area contributed by atoms with Gasteiger partial charge in [-0.3, -0.25) is 4.90 Å². The van der Waals surface area contributed by atoms with Crippen LogP contribution in [0.15, 0.2) is 30.3 Å². The summed E-state index contributed by atoms with van der Waals surface area (Å²) in [5.74, 6) is 1.24. The van der Waals surface area contributed by atoms with E-state index in [1.165, 1.54) is 12.0 Å². The fourth-order valence-electron chi connectivity index (χ4n) is 4.17. The lowest BCUT2D eigenvalue weighted by Crippen LogP contribution is -2.52. The first kappa shape index (κ1) is 17.3. The molecule has 1 aromatic carbocycles. The van der Waals surface area contributed by atoms with Gasteiger partial charge in [-0.1, -0.05) is 44.2 Å². The monoisotopic (exact) mass is 329 g/mol. The van der Waals surface area contributed by atoms with E-state index in [-0.39, 0.29) is 6.03 Å². The first-order chi connectivity index (χ1) is 11.6. The molecular weight excluding hydrogens is 298 g/mol. The standard InChI is InChI=1S/C20H31N3O/c1-16-12-17(2)14-23(13-16)20(24)21-19-8-10-22(11-9-19)15-18-6-4-3-5-7-18/h3-7,16-17,19H,8-15H2,1-2H3,(H,21,24). The molecule has 1 aromatic rings. The Balaban J connectivity index is 1.42. The lowest BCUT2D eigenvalue weighted by molar-refractivity contribution is 0.135. The number of piperidine rings is 2. The quantitative estimate of drug-likeness (QED) is 0.923. The van der Waals surface area contributed by atoms with E-state index in [9.17, 15) is 4.79 Å². The van der Waals surface area contributed by atoms with E-state index in [0.29, 0.717) is 17.9 Å². The third-order valence-corrected chi connectivity index (χ3v) is 5.32. The third kappa shape index (κ3) is 4.73. The van der Waals surface area contributed by atoms with E-state index in [1.807, 2.05) is 4.90 Å². The molecule has 132 valence electrons. The molecule has 0 aliphatic carbocycles. The van der Waals surface area contributed by atoms with Gasteiger partial charge in [-0.2, -0.15) is 0 Å². The summed E-state index contributed by atoms with van der Waals surface area (Å²) in [7, 11) is 0. The number of carbonyl (C=O) groups is 1. The van der Waals surface area contributed by atoms with Gasteiger partial charge in [0.2, 0.25) is 0 Å². The predicted molar refractivity (Wildman–Crippen MR) is 97.8 cm³/mol. The third-order valence-electron chi connectivity index (χ3n) is 5.32. The molecule has 2 aliphatic heterocycles. The van der Waals surface area contributed by atoms with Gasteiger partial charge in [-0.15, -0.1) is 0 Å². The number of rotatable bonds is 3. The van der Waals surface area contributed by atoms with Crippen LogP contribution in [0.5, 0.6) is 0 Å². The largest absolute Gasteiger partial charge is 0.335 e. The van der Waals surface area contributed by atoms with Crippen molar-refractivity contribution >= 4 is 6.03 Å². The fraction of sp³-hybridized carbons (Fsp3) is 0.650. The maximum absolute atomic E-state index is 12.5. The van der Waals surface area contributed by atoms with Crippen molar-refractivity contribution in [1.29, 1.82) is 0 Å². The number of nitrogens with zero attached hydrogens (tertiary/aromatic N) is 2. The Morgan fingerprint density at radius 1 is 1.08 bits per heavy atom. The van der Waals surface area contributed by atoms with Gasteiger partial charge in [0.15, 0.2) is 0 Å². The van der Waals surface area contributed by atoms with E-state index in [4.69, 9.17) is 0 Å². The number of hydrogen-bond acceptors (Lipinski definition) is 2. The van der Waals surface area contributed by atoms with Crippen molar-refractivity contribution in [2.45, 2.75) is 45.7 Å².